The SMILES string of the molecule is C1=COC2=C(C=CCc3cocc32)C1. The second kappa shape index (κ2) is 2.91. The molecule has 0 N–H and O–H groups in total. The predicted octanol–water partition coefficient (Wildman–Crippen LogP) is 3.04. The molecule has 0 fully saturated rings. The molecule has 2 heterocycles. The third-order valence-corrected chi connectivity index (χ3v) is 2.56. The Bertz CT molecular complexity index is 447. The van der Waals surface area contributed by atoms with Crippen LogP contribution >= 0.6 is 0 Å². The van der Waals surface area contributed by atoms with Crippen molar-refractivity contribution < 1.29 is 9.15 Å². The lowest BCUT2D eigenvalue weighted by atomic mass is 10.1. The summed E-state index contributed by atoms with van der Waals surface area (Å²) in [5.41, 5.74) is 3.52. The summed E-state index contributed by atoms with van der Waals surface area (Å²) in [5, 5.41) is 0. The van der Waals surface area contributed by atoms with Gasteiger partial charge in [0.1, 0.15) is 12.0 Å². The molecule has 2 heteroatoms. The molecule has 0 unspecified atom stereocenters. The standard InChI is InChI=1S/C12H10O2/c1-3-9-5-2-6-14-12(9)11-8-13-7-10(11)4-1/h1-3,6-8H,4-5H2. The molecular weight excluding hydrogens is 176 g/mol. The van der Waals surface area contributed by atoms with E-state index in [4.69, 9.17) is 9.15 Å². The van der Waals surface area contributed by atoms with Gasteiger partial charge in [0.25, 0.3) is 0 Å². The first-order chi connectivity index (χ1) is 6.95. The number of fused-ring (bicyclic) bond motifs is 2. The van der Waals surface area contributed by atoms with Crippen LogP contribution < -0.4 is 0 Å². The molecule has 0 amide bonds. The van der Waals surface area contributed by atoms with E-state index in [1.807, 2.05) is 6.08 Å². The lowest BCUT2D eigenvalue weighted by Gasteiger charge is -2.12. The van der Waals surface area contributed by atoms with Crippen LogP contribution in [0, 0.1) is 0 Å². The van der Waals surface area contributed by atoms with Crippen LogP contribution in [-0.2, 0) is 11.2 Å². The Hall–Kier alpha value is -1.70. The van der Waals surface area contributed by atoms with Crippen LogP contribution in [0.3, 0.4) is 0 Å². The topological polar surface area (TPSA) is 22.4 Å². The van der Waals surface area contributed by atoms with Gasteiger partial charge in [0.2, 0.25) is 0 Å². The maximum Gasteiger partial charge on any atom is 0.140 e. The van der Waals surface area contributed by atoms with Crippen LogP contribution in [0.1, 0.15) is 17.5 Å². The van der Waals surface area contributed by atoms with E-state index in [0.717, 1.165) is 24.2 Å². The molecule has 0 spiro atoms. The summed E-state index contributed by atoms with van der Waals surface area (Å²) in [6.45, 7) is 0. The normalized spacial score (nSPS) is 18.6. The monoisotopic (exact) mass is 186 g/mol. The van der Waals surface area contributed by atoms with Crippen molar-refractivity contribution in [1.82, 2.24) is 0 Å². The molecule has 0 bridgehead atoms. The Morgan fingerprint density at radius 3 is 3.07 bits per heavy atom. The molecule has 1 aliphatic heterocycles. The van der Waals surface area contributed by atoms with Crippen molar-refractivity contribution in [2.24, 2.45) is 0 Å². The Morgan fingerprint density at radius 2 is 2.07 bits per heavy atom. The van der Waals surface area contributed by atoms with Crippen LogP contribution in [0.2, 0.25) is 0 Å². The van der Waals surface area contributed by atoms with E-state index in [-0.39, 0.29) is 0 Å². The molecule has 0 aromatic carbocycles. The second-order valence-electron chi connectivity index (χ2n) is 3.47. The van der Waals surface area contributed by atoms with Crippen molar-refractivity contribution in [2.75, 3.05) is 0 Å². The third kappa shape index (κ3) is 1.04. The molecule has 0 radical (unpaired) electrons. The molecule has 0 saturated heterocycles. The van der Waals surface area contributed by atoms with E-state index in [1.165, 1.54) is 11.1 Å². The van der Waals surface area contributed by atoms with E-state index in [1.54, 1.807) is 18.8 Å². The maximum atomic E-state index is 5.53. The van der Waals surface area contributed by atoms with Crippen LogP contribution in [0.4, 0.5) is 0 Å². The fraction of sp³-hybridized carbons (Fsp3) is 0.167. The quantitative estimate of drug-likeness (QED) is 0.621. The number of allylic oxidation sites excluding steroid dienone is 4. The lowest BCUT2D eigenvalue weighted by molar-refractivity contribution is 0.423. The molecule has 0 saturated carbocycles. The van der Waals surface area contributed by atoms with Crippen molar-refractivity contribution in [3.8, 4) is 0 Å². The summed E-state index contributed by atoms with van der Waals surface area (Å²) < 4.78 is 10.7. The number of ether oxygens (including phenoxy) is 1. The summed E-state index contributed by atoms with van der Waals surface area (Å²) in [4.78, 5) is 0. The molecule has 0 atom stereocenters. The highest BCUT2D eigenvalue weighted by molar-refractivity contribution is 5.70. The van der Waals surface area contributed by atoms with Crippen molar-refractivity contribution in [3.05, 3.63) is 53.7 Å². The van der Waals surface area contributed by atoms with Gasteiger partial charge in [-0.3, -0.25) is 0 Å². The fourth-order valence-electron chi connectivity index (χ4n) is 1.85. The van der Waals surface area contributed by atoms with E-state index >= 15 is 0 Å². The third-order valence-electron chi connectivity index (χ3n) is 2.56. The zero-order valence-electron chi connectivity index (χ0n) is 7.69. The Morgan fingerprint density at radius 1 is 1.07 bits per heavy atom. The van der Waals surface area contributed by atoms with Gasteiger partial charge < -0.3 is 9.15 Å². The van der Waals surface area contributed by atoms with Crippen LogP contribution in [0.15, 0.2) is 47.0 Å². The minimum atomic E-state index is 0.919. The first-order valence-corrected chi connectivity index (χ1v) is 4.72. The first kappa shape index (κ1) is 7.68. The number of hydrogen-bond acceptors (Lipinski definition) is 2. The van der Waals surface area contributed by atoms with Gasteiger partial charge >= 0.3 is 0 Å². The summed E-state index contributed by atoms with van der Waals surface area (Å²) in [6, 6.07) is 0. The molecule has 1 aliphatic carbocycles. The van der Waals surface area contributed by atoms with E-state index in [0.29, 0.717) is 0 Å². The Labute approximate surface area is 82.2 Å². The van der Waals surface area contributed by atoms with Crippen LogP contribution in [0.5, 0.6) is 0 Å². The highest BCUT2D eigenvalue weighted by atomic mass is 16.5. The van der Waals surface area contributed by atoms with Gasteiger partial charge in [-0.2, -0.15) is 0 Å². The molecule has 1 aromatic heterocycles. The summed E-state index contributed by atoms with van der Waals surface area (Å²) in [5.74, 6) is 0.949. The predicted molar refractivity (Wildman–Crippen MR) is 53.3 cm³/mol. The zero-order valence-corrected chi connectivity index (χ0v) is 7.69. The first-order valence-electron chi connectivity index (χ1n) is 4.72. The van der Waals surface area contributed by atoms with Gasteiger partial charge in [-0.15, -0.1) is 0 Å². The lowest BCUT2D eigenvalue weighted by Crippen LogP contribution is -1.95. The van der Waals surface area contributed by atoms with E-state index in [2.05, 4.69) is 12.2 Å². The van der Waals surface area contributed by atoms with Gasteiger partial charge in [0, 0.05) is 5.56 Å². The molecule has 70 valence electrons. The Balaban J connectivity index is 2.18. The van der Waals surface area contributed by atoms with E-state index in [9.17, 15) is 0 Å². The van der Waals surface area contributed by atoms with Gasteiger partial charge in [-0.1, -0.05) is 12.2 Å². The molecule has 3 rings (SSSR count). The number of hydrogen-bond donors (Lipinski definition) is 0. The number of rotatable bonds is 0. The molecule has 14 heavy (non-hydrogen) atoms. The van der Waals surface area contributed by atoms with Crippen LogP contribution in [-0.4, -0.2) is 0 Å². The molecule has 1 aromatic rings. The molecule has 2 aliphatic rings. The van der Waals surface area contributed by atoms with Gasteiger partial charge in [-0.25, -0.2) is 0 Å². The highest BCUT2D eigenvalue weighted by Crippen LogP contribution is 2.32. The minimum absolute atomic E-state index is 0.919. The minimum Gasteiger partial charge on any atom is -0.472 e. The average Bonchev–Trinajstić information content (AvgIpc) is 2.61. The Kier molecular flexibility index (Phi) is 1.60. The van der Waals surface area contributed by atoms with Gasteiger partial charge in [0.15, 0.2) is 0 Å². The summed E-state index contributed by atoms with van der Waals surface area (Å²) >= 11 is 0. The van der Waals surface area contributed by atoms with Crippen molar-refractivity contribution in [3.63, 3.8) is 0 Å². The van der Waals surface area contributed by atoms with Gasteiger partial charge in [-0.05, 0) is 24.5 Å². The smallest absolute Gasteiger partial charge is 0.140 e. The maximum absolute atomic E-state index is 5.53. The number of furan rings is 1. The van der Waals surface area contributed by atoms with Crippen molar-refractivity contribution in [1.29, 1.82) is 0 Å². The van der Waals surface area contributed by atoms with Crippen LogP contribution in [0.25, 0.3) is 5.76 Å². The largest absolute Gasteiger partial charge is 0.472 e. The average molecular weight is 186 g/mol. The fourth-order valence-corrected chi connectivity index (χ4v) is 1.85. The highest BCUT2D eigenvalue weighted by Gasteiger charge is 2.18. The second-order valence-corrected chi connectivity index (χ2v) is 3.47. The van der Waals surface area contributed by atoms with Crippen molar-refractivity contribution in [2.45, 2.75) is 12.8 Å². The van der Waals surface area contributed by atoms with Gasteiger partial charge in [0.05, 0.1) is 18.1 Å². The molecular formula is C12H10O2. The summed E-state index contributed by atoms with van der Waals surface area (Å²) in [7, 11) is 0. The zero-order chi connectivity index (χ0) is 9.38. The van der Waals surface area contributed by atoms with Crippen molar-refractivity contribution >= 4 is 5.76 Å². The summed E-state index contributed by atoms with van der Waals surface area (Å²) in [6.07, 6.45) is 13.5. The molecule has 2 nitrogen and oxygen atoms in total. The van der Waals surface area contributed by atoms with E-state index < -0.39 is 0 Å².